The Balaban J connectivity index is 0.938. The number of benzene rings is 10. The SMILES string of the molecule is Cc1ccc(S(=O)(=O)NCCCCC(N)C(=O)NC(CCCCNS(=O)(=O)c2ccc(N(C)C)c3ccccc23)C(=O)NC(CCCCNS(=O)(=O)c2cccc3c(N(C)C)cccc23)C(=O)NC(CCCCNS(=O)(=O)c2ccc(C)cc2)C(=O)NC(CCCCNS(=O)(=O)c2cccc3c(N(C)C)cccc23)C(=O)NC(CCCCNS(=O)(=O)c2ccc(N(C)C)c3ccccc23)C(=O)O)cc1. The Labute approximate surface area is 816 Å². The summed E-state index contributed by atoms with van der Waals surface area (Å²) in [6.45, 7) is 2.66. The van der Waals surface area contributed by atoms with Crippen LogP contribution >= 0.6 is 0 Å². The van der Waals surface area contributed by atoms with Crippen molar-refractivity contribution in [1.29, 1.82) is 0 Å². The van der Waals surface area contributed by atoms with Crippen molar-refractivity contribution in [2.24, 2.45) is 5.73 Å². The number of fused-ring (bicyclic) bond motifs is 4. The largest absolute Gasteiger partial charge is 0.480 e. The lowest BCUT2D eigenvalue weighted by Gasteiger charge is -2.27. The molecule has 10 aromatic carbocycles. The normalized spacial score (nSPS) is 13.5. The fourth-order valence-electron chi connectivity index (χ4n) is 16.4. The number of sulfonamides is 6. The summed E-state index contributed by atoms with van der Waals surface area (Å²) in [6.07, 6.45) is -0.701. The molecule has 139 heavy (non-hydrogen) atoms. The first-order chi connectivity index (χ1) is 65.9. The first kappa shape index (κ1) is 110. The Hall–Kier alpha value is -11.3. The summed E-state index contributed by atoms with van der Waals surface area (Å²) < 4.78 is 183. The van der Waals surface area contributed by atoms with E-state index in [-0.39, 0.29) is 184 Å². The minimum Gasteiger partial charge on any atom is -0.480 e. The highest BCUT2D eigenvalue weighted by Crippen LogP contribution is 2.36. The fraction of sp³-hybridized carbons (Fsp3) is 0.408. The number of rotatable bonds is 57. The molecule has 35 nitrogen and oxygen atoms in total. The van der Waals surface area contributed by atoms with Gasteiger partial charge in [0.2, 0.25) is 89.7 Å². The number of unbranched alkanes of at least 4 members (excludes halogenated alkanes) is 6. The number of aryl methyl sites for hydroxylation is 2. The molecule has 0 aliphatic carbocycles. The molecule has 10 aromatic rings. The standard InChI is InChI=1S/C98H130N16O19S6/c1-67-49-53-69(54-50-67)134(122,123)100-61-21-15-39-79(99)93(115)106-80(40-17-23-65-104-138(130,131)91-59-57-87(113(7)8)71-31-11-13-33-75(71)91)94(116)107-81(42-18-24-63-102-136(126,127)89-47-29-35-73-77(89)37-27-45-85(73)111(3)4)95(117)108-82(41-16-22-62-101-135(124,125)70-55-51-68(2)52-56-70)96(118)109-83(43-19-25-64-103-137(128,129)90-48-30-36-74-78(90)38-28-46-86(74)112(5)6)97(119)110-84(98(120)121)44-20-26-66-105-139(132,133)92-60-58-88(114(9)10)72-32-12-14-34-76(72)92/h11-14,27-38,45-60,79-84,100-105H,15-26,39-44,61-66,99H2,1-10H3,(H,106,115)(H,107,116)(H,108,117)(H,109,118)(H,110,119)(H,120,121). The van der Waals surface area contributed by atoms with Gasteiger partial charge in [-0.05, 0) is 196 Å². The minimum absolute atomic E-state index is 0.00788. The van der Waals surface area contributed by atoms with Gasteiger partial charge in [-0.3, -0.25) is 24.0 Å². The molecule has 0 fully saturated rings. The van der Waals surface area contributed by atoms with Crippen molar-refractivity contribution in [3.63, 3.8) is 0 Å². The summed E-state index contributed by atoms with van der Waals surface area (Å²) in [4.78, 5) is 96.9. The minimum atomic E-state index is -4.25. The lowest BCUT2D eigenvalue weighted by atomic mass is 10.0. The van der Waals surface area contributed by atoms with Gasteiger partial charge >= 0.3 is 5.97 Å². The number of aliphatic carboxylic acids is 1. The molecule has 752 valence electrons. The van der Waals surface area contributed by atoms with Crippen molar-refractivity contribution in [2.45, 2.75) is 195 Å². The summed E-state index contributed by atoms with van der Waals surface area (Å²) >= 11 is 0. The summed E-state index contributed by atoms with van der Waals surface area (Å²) in [6, 6.07) is 43.5. The van der Waals surface area contributed by atoms with Gasteiger partial charge in [0.15, 0.2) is 0 Å². The predicted octanol–water partition coefficient (Wildman–Crippen LogP) is 9.21. The van der Waals surface area contributed by atoms with Crippen LogP contribution in [0.2, 0.25) is 0 Å². The van der Waals surface area contributed by atoms with E-state index in [0.717, 1.165) is 33.9 Å². The summed E-state index contributed by atoms with van der Waals surface area (Å²) in [5.41, 5.74) is 11.3. The molecule has 14 N–H and O–H groups in total. The zero-order valence-electron chi connectivity index (χ0n) is 80.0. The molecule has 6 unspecified atom stereocenters. The average molecular weight is 2030 g/mol. The fourth-order valence-corrected chi connectivity index (χ4v) is 23.7. The molecular weight excluding hydrogens is 1900 g/mol. The van der Waals surface area contributed by atoms with Gasteiger partial charge in [0.1, 0.15) is 30.2 Å². The smallest absolute Gasteiger partial charge is 0.326 e. The number of nitrogens with one attached hydrogen (secondary N) is 11. The average Bonchev–Trinajstić information content (AvgIpc) is 0.786. The van der Waals surface area contributed by atoms with E-state index < -0.39 is 132 Å². The zero-order valence-corrected chi connectivity index (χ0v) is 84.9. The van der Waals surface area contributed by atoms with E-state index in [1.165, 1.54) is 48.5 Å². The molecule has 41 heteroatoms. The van der Waals surface area contributed by atoms with E-state index in [9.17, 15) is 65.2 Å². The van der Waals surface area contributed by atoms with Crippen molar-refractivity contribution in [3.05, 3.63) is 205 Å². The second-order valence-corrected chi connectivity index (χ2v) is 45.8. The van der Waals surface area contributed by atoms with E-state index in [4.69, 9.17) is 5.73 Å². The van der Waals surface area contributed by atoms with Crippen molar-refractivity contribution >= 4 is 161 Å². The second-order valence-electron chi connectivity index (χ2n) is 35.3. The van der Waals surface area contributed by atoms with E-state index >= 15 is 19.2 Å². The van der Waals surface area contributed by atoms with Crippen LogP contribution in [0.3, 0.4) is 0 Å². The Morgan fingerprint density at radius 1 is 0.259 bits per heavy atom. The van der Waals surface area contributed by atoms with E-state index in [2.05, 4.69) is 54.9 Å². The predicted molar refractivity (Wildman–Crippen MR) is 545 cm³/mol. The number of nitrogens with two attached hydrogens (primary N) is 1. The molecule has 0 aliphatic rings. The summed E-state index contributed by atoms with van der Waals surface area (Å²) in [5, 5.41) is 28.8. The zero-order chi connectivity index (χ0) is 101. The molecular formula is C98H130N16O19S6. The number of carbonyl (C=O) groups excluding carboxylic acids is 5. The molecule has 0 saturated heterocycles. The molecule has 0 aromatic heterocycles. The highest BCUT2D eigenvalue weighted by atomic mass is 32.2. The molecule has 0 spiro atoms. The Bertz CT molecular complexity index is 6720. The number of anilines is 4. The Morgan fingerprint density at radius 3 is 0.770 bits per heavy atom. The van der Waals surface area contributed by atoms with Gasteiger partial charge in [-0.1, -0.05) is 139 Å². The number of hydrogen-bond donors (Lipinski definition) is 13. The molecule has 6 atom stereocenters. The molecule has 0 radical (unpaired) electrons. The van der Waals surface area contributed by atoms with E-state index in [1.807, 2.05) is 95.0 Å². The van der Waals surface area contributed by atoms with Gasteiger partial charge in [0.25, 0.3) is 0 Å². The molecule has 0 saturated carbocycles. The van der Waals surface area contributed by atoms with Crippen LogP contribution in [0, 0.1) is 13.8 Å². The van der Waals surface area contributed by atoms with Gasteiger partial charge in [0.05, 0.1) is 35.4 Å². The number of carboxylic acids is 1. The van der Waals surface area contributed by atoms with Gasteiger partial charge in [-0.2, -0.15) is 0 Å². The van der Waals surface area contributed by atoms with Crippen LogP contribution in [0.15, 0.2) is 223 Å². The Morgan fingerprint density at radius 2 is 0.482 bits per heavy atom. The third kappa shape index (κ3) is 30.4. The quantitative estimate of drug-likeness (QED) is 0.0158. The maximum absolute atomic E-state index is 15.7. The molecule has 10 rings (SSSR count). The van der Waals surface area contributed by atoms with Gasteiger partial charge in [-0.15, -0.1) is 0 Å². The monoisotopic (exact) mass is 2030 g/mol. The molecule has 5 amide bonds. The summed E-state index contributed by atoms with van der Waals surface area (Å²) in [7, 11) is -10.2. The first-order valence-electron chi connectivity index (χ1n) is 46.3. The first-order valence-corrected chi connectivity index (χ1v) is 55.2. The number of carboxylic acid groups (broad SMARTS) is 1. The number of amides is 5. The van der Waals surface area contributed by atoms with Crippen molar-refractivity contribution in [2.75, 3.05) is 115 Å². The maximum atomic E-state index is 15.7. The van der Waals surface area contributed by atoms with E-state index in [1.54, 1.807) is 140 Å². The van der Waals surface area contributed by atoms with Gasteiger partial charge < -0.3 is 57.0 Å². The number of hydrogen-bond acceptors (Lipinski definition) is 23. The summed E-state index contributed by atoms with van der Waals surface area (Å²) in [5.74, 6) is -6.43. The van der Waals surface area contributed by atoms with Crippen molar-refractivity contribution in [1.82, 2.24) is 54.9 Å². The third-order valence-corrected chi connectivity index (χ3v) is 33.0. The molecule has 0 bridgehead atoms. The third-order valence-electron chi connectivity index (χ3n) is 24.0. The van der Waals surface area contributed by atoms with Crippen LogP contribution in [0.5, 0.6) is 0 Å². The lowest BCUT2D eigenvalue weighted by molar-refractivity contribution is -0.142. The van der Waals surface area contributed by atoms with Crippen LogP contribution in [-0.4, -0.2) is 223 Å². The Kier molecular flexibility index (Phi) is 39.6. The van der Waals surface area contributed by atoms with Crippen molar-refractivity contribution < 1.29 is 84.4 Å². The van der Waals surface area contributed by atoms with Gasteiger partial charge in [-0.25, -0.2) is 83.6 Å². The number of nitrogens with zero attached hydrogens (tertiary/aromatic N) is 4. The van der Waals surface area contributed by atoms with Crippen LogP contribution in [0.1, 0.15) is 127 Å². The van der Waals surface area contributed by atoms with Crippen LogP contribution < -0.4 is 80.2 Å². The van der Waals surface area contributed by atoms with Crippen LogP contribution in [-0.2, 0) is 88.9 Å². The van der Waals surface area contributed by atoms with Crippen molar-refractivity contribution in [3.8, 4) is 0 Å². The van der Waals surface area contributed by atoms with Crippen LogP contribution in [0.4, 0.5) is 22.7 Å². The second kappa shape index (κ2) is 50.2. The van der Waals surface area contributed by atoms with Crippen LogP contribution in [0.25, 0.3) is 43.1 Å². The van der Waals surface area contributed by atoms with Gasteiger partial charge in [0, 0.05) is 161 Å². The molecule has 0 heterocycles. The highest BCUT2D eigenvalue weighted by Gasteiger charge is 2.35. The molecule has 0 aliphatic heterocycles. The van der Waals surface area contributed by atoms with E-state index in [0.29, 0.717) is 43.1 Å². The maximum Gasteiger partial charge on any atom is 0.326 e. The lowest BCUT2D eigenvalue weighted by Crippen LogP contribution is -2.59. The topological polar surface area (TPSA) is 499 Å². The highest BCUT2D eigenvalue weighted by molar-refractivity contribution is 7.91. The number of carbonyl (C=O) groups is 6.